The highest BCUT2D eigenvalue weighted by atomic mass is 35.5. The summed E-state index contributed by atoms with van der Waals surface area (Å²) in [6, 6.07) is 9.03. The van der Waals surface area contributed by atoms with Gasteiger partial charge < -0.3 is 10.2 Å². The molecule has 0 radical (unpaired) electrons. The minimum atomic E-state index is -3.90. The van der Waals surface area contributed by atoms with Crippen LogP contribution < -0.4 is 9.62 Å². The number of carbonyl (C=O) groups excluding carboxylic acids is 2. The summed E-state index contributed by atoms with van der Waals surface area (Å²) in [5.41, 5.74) is 0.323. The lowest BCUT2D eigenvalue weighted by Crippen LogP contribution is -2.51. The maximum atomic E-state index is 14.3. The molecule has 174 valence electrons. The van der Waals surface area contributed by atoms with Gasteiger partial charge in [0.15, 0.2) is 0 Å². The summed E-state index contributed by atoms with van der Waals surface area (Å²) >= 11 is 11.9. The molecule has 0 saturated heterocycles. The fourth-order valence-corrected chi connectivity index (χ4v) is 4.10. The standard InChI is InChI=1S/C21H24Cl2FN3O4S/c1-4-25-21(29)14(2)26(12-15-7-5-6-8-19(15)24)20(28)13-27(32(3,30)31)16-9-10-17(22)18(23)11-16/h5-11,14H,4,12-13H2,1-3H3,(H,25,29)/t14-/m0/s1. The number of amides is 2. The van der Waals surface area contributed by atoms with Crippen molar-refractivity contribution in [2.75, 3.05) is 23.7 Å². The van der Waals surface area contributed by atoms with E-state index < -0.39 is 40.2 Å². The van der Waals surface area contributed by atoms with Gasteiger partial charge in [0, 0.05) is 18.7 Å². The van der Waals surface area contributed by atoms with Gasteiger partial charge in [-0.1, -0.05) is 41.4 Å². The van der Waals surface area contributed by atoms with E-state index >= 15 is 0 Å². The van der Waals surface area contributed by atoms with Gasteiger partial charge in [0.05, 0.1) is 22.0 Å². The Morgan fingerprint density at radius 3 is 2.34 bits per heavy atom. The van der Waals surface area contributed by atoms with E-state index in [4.69, 9.17) is 23.2 Å². The molecule has 2 rings (SSSR count). The van der Waals surface area contributed by atoms with E-state index in [0.29, 0.717) is 6.54 Å². The number of hydrogen-bond acceptors (Lipinski definition) is 4. The lowest BCUT2D eigenvalue weighted by molar-refractivity contribution is -0.139. The fourth-order valence-electron chi connectivity index (χ4n) is 2.97. The monoisotopic (exact) mass is 503 g/mol. The van der Waals surface area contributed by atoms with E-state index in [1.165, 1.54) is 43.3 Å². The summed E-state index contributed by atoms with van der Waals surface area (Å²) in [5.74, 6) is -1.68. The summed E-state index contributed by atoms with van der Waals surface area (Å²) in [6.45, 7) is 2.72. The Labute approximate surface area is 197 Å². The van der Waals surface area contributed by atoms with E-state index in [1.807, 2.05) is 0 Å². The number of rotatable bonds is 9. The number of likely N-dealkylation sites (N-methyl/N-ethyl adjacent to an activating group) is 1. The predicted molar refractivity (Wildman–Crippen MR) is 124 cm³/mol. The van der Waals surface area contributed by atoms with Crippen molar-refractivity contribution in [3.63, 3.8) is 0 Å². The third kappa shape index (κ3) is 6.57. The van der Waals surface area contributed by atoms with Crippen LogP contribution in [0, 0.1) is 5.82 Å². The number of hydrogen-bond donors (Lipinski definition) is 1. The van der Waals surface area contributed by atoms with Crippen molar-refractivity contribution in [2.45, 2.75) is 26.4 Å². The number of nitrogens with zero attached hydrogens (tertiary/aromatic N) is 2. The summed E-state index contributed by atoms with van der Waals surface area (Å²) in [7, 11) is -3.90. The van der Waals surface area contributed by atoms with Crippen molar-refractivity contribution in [2.24, 2.45) is 0 Å². The van der Waals surface area contributed by atoms with Crippen LogP contribution >= 0.6 is 23.2 Å². The summed E-state index contributed by atoms with van der Waals surface area (Å²) < 4.78 is 40.0. The van der Waals surface area contributed by atoms with Crippen molar-refractivity contribution in [3.8, 4) is 0 Å². The van der Waals surface area contributed by atoms with Crippen LogP contribution in [0.2, 0.25) is 10.0 Å². The van der Waals surface area contributed by atoms with Gasteiger partial charge in [-0.15, -0.1) is 0 Å². The first-order valence-corrected chi connectivity index (χ1v) is 12.3. The smallest absolute Gasteiger partial charge is 0.244 e. The SMILES string of the molecule is CCNC(=O)[C@H](C)N(Cc1ccccc1F)C(=O)CN(c1ccc(Cl)c(Cl)c1)S(C)(=O)=O. The molecule has 0 heterocycles. The molecule has 2 aromatic rings. The van der Waals surface area contributed by atoms with Gasteiger partial charge in [-0.3, -0.25) is 13.9 Å². The summed E-state index contributed by atoms with van der Waals surface area (Å²) in [4.78, 5) is 26.8. The molecular weight excluding hydrogens is 480 g/mol. The highest BCUT2D eigenvalue weighted by Crippen LogP contribution is 2.28. The lowest BCUT2D eigenvalue weighted by atomic mass is 10.1. The van der Waals surface area contributed by atoms with Crippen LogP contribution in [0.15, 0.2) is 42.5 Å². The number of sulfonamides is 1. The number of nitrogens with one attached hydrogen (secondary N) is 1. The highest BCUT2D eigenvalue weighted by molar-refractivity contribution is 7.92. The maximum absolute atomic E-state index is 14.3. The van der Waals surface area contributed by atoms with Crippen LogP contribution in [0.3, 0.4) is 0 Å². The van der Waals surface area contributed by atoms with Crippen molar-refractivity contribution in [1.82, 2.24) is 10.2 Å². The molecule has 2 aromatic carbocycles. The van der Waals surface area contributed by atoms with Crippen LogP contribution in [-0.4, -0.2) is 50.5 Å². The van der Waals surface area contributed by atoms with Gasteiger partial charge in [-0.05, 0) is 38.1 Å². The van der Waals surface area contributed by atoms with Gasteiger partial charge >= 0.3 is 0 Å². The zero-order valence-corrected chi connectivity index (χ0v) is 20.1. The zero-order chi connectivity index (χ0) is 24.1. The van der Waals surface area contributed by atoms with Crippen LogP contribution in [0.5, 0.6) is 0 Å². The van der Waals surface area contributed by atoms with Crippen LogP contribution in [0.4, 0.5) is 10.1 Å². The molecule has 7 nitrogen and oxygen atoms in total. The average Bonchev–Trinajstić information content (AvgIpc) is 2.72. The van der Waals surface area contributed by atoms with Crippen LogP contribution in [0.25, 0.3) is 0 Å². The fraction of sp³-hybridized carbons (Fsp3) is 0.333. The van der Waals surface area contributed by atoms with Gasteiger partial charge in [-0.2, -0.15) is 0 Å². The molecule has 1 atom stereocenters. The number of benzene rings is 2. The molecule has 0 aliphatic carbocycles. The van der Waals surface area contributed by atoms with Crippen LogP contribution in [0.1, 0.15) is 19.4 Å². The minimum absolute atomic E-state index is 0.115. The van der Waals surface area contributed by atoms with Gasteiger partial charge in [0.1, 0.15) is 18.4 Å². The first-order valence-electron chi connectivity index (χ1n) is 9.69. The average molecular weight is 504 g/mol. The Kier molecular flexibility index (Phi) is 8.89. The normalized spacial score (nSPS) is 12.2. The molecule has 32 heavy (non-hydrogen) atoms. The second kappa shape index (κ2) is 11.0. The van der Waals surface area contributed by atoms with Crippen molar-refractivity contribution in [1.29, 1.82) is 0 Å². The lowest BCUT2D eigenvalue weighted by Gasteiger charge is -2.31. The first-order chi connectivity index (χ1) is 15.0. The Bertz CT molecular complexity index is 1100. The third-order valence-electron chi connectivity index (χ3n) is 4.69. The molecule has 1 N–H and O–H groups in total. The molecule has 0 aliphatic heterocycles. The second-order valence-corrected chi connectivity index (χ2v) is 9.77. The van der Waals surface area contributed by atoms with Crippen molar-refractivity contribution < 1.29 is 22.4 Å². The molecule has 0 aromatic heterocycles. The molecular formula is C21H24Cl2FN3O4S. The van der Waals surface area contributed by atoms with Crippen molar-refractivity contribution >= 4 is 50.7 Å². The zero-order valence-electron chi connectivity index (χ0n) is 17.8. The highest BCUT2D eigenvalue weighted by Gasteiger charge is 2.30. The number of anilines is 1. The molecule has 2 amide bonds. The Morgan fingerprint density at radius 2 is 1.78 bits per heavy atom. The Morgan fingerprint density at radius 1 is 1.12 bits per heavy atom. The predicted octanol–water partition coefficient (Wildman–Crippen LogP) is 3.45. The van der Waals surface area contributed by atoms with E-state index in [1.54, 1.807) is 13.0 Å². The Hall–Kier alpha value is -2.36. The Balaban J connectivity index is 2.42. The molecule has 0 aliphatic rings. The van der Waals surface area contributed by atoms with Gasteiger partial charge in [0.25, 0.3) is 0 Å². The largest absolute Gasteiger partial charge is 0.355 e. The van der Waals surface area contributed by atoms with Gasteiger partial charge in [0.2, 0.25) is 21.8 Å². The van der Waals surface area contributed by atoms with Crippen LogP contribution in [-0.2, 0) is 26.2 Å². The van der Waals surface area contributed by atoms with Crippen molar-refractivity contribution in [3.05, 3.63) is 63.9 Å². The van der Waals surface area contributed by atoms with E-state index in [2.05, 4.69) is 5.32 Å². The molecule has 0 bridgehead atoms. The van der Waals surface area contributed by atoms with E-state index in [9.17, 15) is 22.4 Å². The van der Waals surface area contributed by atoms with E-state index in [-0.39, 0.29) is 27.8 Å². The summed E-state index contributed by atoms with van der Waals surface area (Å²) in [6.07, 6.45) is 0.942. The molecule has 0 saturated carbocycles. The first kappa shape index (κ1) is 25.9. The molecule has 0 fully saturated rings. The summed E-state index contributed by atoms with van der Waals surface area (Å²) in [5, 5.41) is 2.96. The quantitative estimate of drug-likeness (QED) is 0.567. The minimum Gasteiger partial charge on any atom is -0.355 e. The topological polar surface area (TPSA) is 86.8 Å². The van der Waals surface area contributed by atoms with Gasteiger partial charge in [-0.25, -0.2) is 12.8 Å². The molecule has 11 heteroatoms. The molecule has 0 unspecified atom stereocenters. The maximum Gasteiger partial charge on any atom is 0.244 e. The number of halogens is 3. The second-order valence-electron chi connectivity index (χ2n) is 7.05. The number of carbonyl (C=O) groups is 2. The third-order valence-corrected chi connectivity index (χ3v) is 6.57. The van der Waals surface area contributed by atoms with E-state index in [0.717, 1.165) is 15.5 Å². The molecule has 0 spiro atoms.